The first-order chi connectivity index (χ1) is 9.48. The smallest absolute Gasteiger partial charge is 0.155 e. The first-order valence-electron chi connectivity index (χ1n) is 6.30. The van der Waals surface area contributed by atoms with E-state index in [-0.39, 0.29) is 17.5 Å². The standard InChI is InChI=1S/C13H14N2O4S/c1-9-2-3-12(19-9)13-10(7-16)6-15(14-13)11-4-5-20(17,18)8-11/h2-3,6-7,11H,4-5,8H2,1H3. The van der Waals surface area contributed by atoms with Gasteiger partial charge in [-0.25, -0.2) is 8.42 Å². The Morgan fingerprint density at radius 2 is 2.25 bits per heavy atom. The van der Waals surface area contributed by atoms with E-state index in [2.05, 4.69) is 5.10 Å². The molecule has 1 atom stereocenters. The molecule has 2 aromatic rings. The van der Waals surface area contributed by atoms with E-state index in [1.54, 1.807) is 23.0 Å². The molecule has 1 saturated heterocycles. The molecule has 1 fully saturated rings. The third-order valence-electron chi connectivity index (χ3n) is 3.44. The summed E-state index contributed by atoms with van der Waals surface area (Å²) >= 11 is 0. The number of carbonyl (C=O) groups is 1. The molecule has 1 aliphatic rings. The fourth-order valence-electron chi connectivity index (χ4n) is 2.42. The lowest BCUT2D eigenvalue weighted by atomic mass is 10.2. The third kappa shape index (κ3) is 2.29. The van der Waals surface area contributed by atoms with Gasteiger partial charge < -0.3 is 4.42 Å². The Morgan fingerprint density at radius 3 is 2.80 bits per heavy atom. The SMILES string of the molecule is Cc1ccc(-c2nn(C3CCS(=O)(=O)C3)cc2C=O)o1. The van der Waals surface area contributed by atoms with Crippen molar-refractivity contribution >= 4 is 16.1 Å². The van der Waals surface area contributed by atoms with Gasteiger partial charge in [-0.3, -0.25) is 9.48 Å². The highest BCUT2D eigenvalue weighted by Gasteiger charge is 2.30. The Bertz CT molecular complexity index is 757. The zero-order valence-corrected chi connectivity index (χ0v) is 11.8. The molecule has 3 rings (SSSR count). The minimum Gasteiger partial charge on any atom is -0.460 e. The molecule has 0 N–H and O–H groups in total. The van der Waals surface area contributed by atoms with Crippen LogP contribution in [0.15, 0.2) is 22.7 Å². The van der Waals surface area contributed by atoms with Crippen molar-refractivity contribution in [2.45, 2.75) is 19.4 Å². The van der Waals surface area contributed by atoms with Crippen molar-refractivity contribution in [3.05, 3.63) is 29.7 Å². The van der Waals surface area contributed by atoms with Crippen LogP contribution in [0, 0.1) is 6.92 Å². The molecule has 0 spiro atoms. The number of hydrogen-bond acceptors (Lipinski definition) is 5. The van der Waals surface area contributed by atoms with E-state index in [1.165, 1.54) is 0 Å². The van der Waals surface area contributed by atoms with Crippen molar-refractivity contribution < 1.29 is 17.6 Å². The first-order valence-corrected chi connectivity index (χ1v) is 8.12. The van der Waals surface area contributed by atoms with Crippen molar-refractivity contribution in [3.8, 4) is 11.5 Å². The van der Waals surface area contributed by atoms with Crippen molar-refractivity contribution in [1.29, 1.82) is 0 Å². The summed E-state index contributed by atoms with van der Waals surface area (Å²) in [6, 6.07) is 3.34. The molecule has 7 heteroatoms. The van der Waals surface area contributed by atoms with Gasteiger partial charge in [0.15, 0.2) is 21.9 Å². The maximum atomic E-state index is 11.5. The van der Waals surface area contributed by atoms with Gasteiger partial charge in [0, 0.05) is 6.20 Å². The van der Waals surface area contributed by atoms with Gasteiger partial charge in [0.05, 0.1) is 23.1 Å². The molecule has 20 heavy (non-hydrogen) atoms. The monoisotopic (exact) mass is 294 g/mol. The van der Waals surface area contributed by atoms with Gasteiger partial charge in [0.2, 0.25) is 0 Å². The molecule has 0 aliphatic carbocycles. The summed E-state index contributed by atoms with van der Waals surface area (Å²) < 4.78 is 30.1. The average Bonchev–Trinajstić information content (AvgIpc) is 3.06. The van der Waals surface area contributed by atoms with Crippen LogP contribution in [0.5, 0.6) is 0 Å². The van der Waals surface area contributed by atoms with E-state index in [4.69, 9.17) is 4.42 Å². The number of carbonyl (C=O) groups excluding carboxylic acids is 1. The second kappa shape index (κ2) is 4.59. The van der Waals surface area contributed by atoms with Crippen LogP contribution in [-0.4, -0.2) is 36.0 Å². The van der Waals surface area contributed by atoms with Gasteiger partial charge in [0.25, 0.3) is 0 Å². The molecule has 0 bridgehead atoms. The predicted octanol–water partition coefficient (Wildman–Crippen LogP) is 1.62. The number of furan rings is 1. The molecule has 106 valence electrons. The van der Waals surface area contributed by atoms with Crippen molar-refractivity contribution in [3.63, 3.8) is 0 Å². The Morgan fingerprint density at radius 1 is 1.45 bits per heavy atom. The number of sulfone groups is 1. The maximum Gasteiger partial charge on any atom is 0.155 e. The largest absolute Gasteiger partial charge is 0.460 e. The summed E-state index contributed by atoms with van der Waals surface area (Å²) in [6.45, 7) is 1.81. The molecule has 2 aromatic heterocycles. The topological polar surface area (TPSA) is 82.2 Å². The van der Waals surface area contributed by atoms with E-state index in [1.807, 2.05) is 6.92 Å². The maximum absolute atomic E-state index is 11.5. The molecule has 0 saturated carbocycles. The summed E-state index contributed by atoms with van der Waals surface area (Å²) in [6.07, 6.45) is 2.82. The number of aldehydes is 1. The second-order valence-electron chi connectivity index (χ2n) is 5.00. The molecular formula is C13H14N2O4S. The van der Waals surface area contributed by atoms with Gasteiger partial charge in [-0.2, -0.15) is 5.10 Å². The average molecular weight is 294 g/mol. The fraction of sp³-hybridized carbons (Fsp3) is 0.385. The quantitative estimate of drug-likeness (QED) is 0.803. The zero-order valence-electron chi connectivity index (χ0n) is 10.9. The van der Waals surface area contributed by atoms with E-state index >= 15 is 0 Å². The molecule has 0 radical (unpaired) electrons. The number of rotatable bonds is 3. The minimum atomic E-state index is -2.99. The lowest BCUT2D eigenvalue weighted by Crippen LogP contribution is -2.11. The summed E-state index contributed by atoms with van der Waals surface area (Å²) in [5, 5.41) is 4.34. The molecule has 0 amide bonds. The van der Waals surface area contributed by atoms with Gasteiger partial charge in [-0.1, -0.05) is 0 Å². The van der Waals surface area contributed by atoms with Gasteiger partial charge in [0.1, 0.15) is 11.5 Å². The minimum absolute atomic E-state index is 0.0730. The summed E-state index contributed by atoms with van der Waals surface area (Å²) in [5.41, 5.74) is 0.862. The van der Waals surface area contributed by atoms with Crippen LogP contribution in [0.25, 0.3) is 11.5 Å². The summed E-state index contributed by atoms with van der Waals surface area (Å²) in [5.74, 6) is 1.49. The van der Waals surface area contributed by atoms with Gasteiger partial charge >= 0.3 is 0 Å². The van der Waals surface area contributed by atoms with Crippen molar-refractivity contribution in [2.24, 2.45) is 0 Å². The van der Waals surface area contributed by atoms with Crippen molar-refractivity contribution in [2.75, 3.05) is 11.5 Å². The lowest BCUT2D eigenvalue weighted by molar-refractivity contribution is 0.112. The molecular weight excluding hydrogens is 280 g/mol. The Labute approximate surface area is 116 Å². The van der Waals surface area contributed by atoms with Crippen LogP contribution in [0.3, 0.4) is 0 Å². The first kappa shape index (κ1) is 13.1. The van der Waals surface area contributed by atoms with E-state index in [0.29, 0.717) is 29.7 Å². The highest BCUT2D eigenvalue weighted by atomic mass is 32.2. The molecule has 0 aromatic carbocycles. The molecule has 3 heterocycles. The van der Waals surface area contributed by atoms with Crippen LogP contribution in [0.2, 0.25) is 0 Å². The second-order valence-corrected chi connectivity index (χ2v) is 7.23. The Balaban J connectivity index is 1.99. The fourth-order valence-corrected chi connectivity index (χ4v) is 4.12. The number of aromatic nitrogens is 2. The number of hydrogen-bond donors (Lipinski definition) is 0. The zero-order chi connectivity index (χ0) is 14.3. The normalized spacial score (nSPS) is 21.1. The van der Waals surface area contributed by atoms with Crippen LogP contribution >= 0.6 is 0 Å². The summed E-state index contributed by atoms with van der Waals surface area (Å²) in [4.78, 5) is 11.1. The highest BCUT2D eigenvalue weighted by Crippen LogP contribution is 2.28. The van der Waals surface area contributed by atoms with Crippen LogP contribution in [0.1, 0.15) is 28.6 Å². The van der Waals surface area contributed by atoms with Crippen LogP contribution in [0.4, 0.5) is 0 Å². The van der Waals surface area contributed by atoms with Crippen LogP contribution < -0.4 is 0 Å². The number of nitrogens with zero attached hydrogens (tertiary/aromatic N) is 2. The van der Waals surface area contributed by atoms with E-state index in [0.717, 1.165) is 5.76 Å². The van der Waals surface area contributed by atoms with Gasteiger partial charge in [-0.15, -0.1) is 0 Å². The molecule has 6 nitrogen and oxygen atoms in total. The molecule has 1 unspecified atom stereocenters. The predicted molar refractivity (Wildman–Crippen MR) is 72.4 cm³/mol. The Kier molecular flexibility index (Phi) is 3.01. The van der Waals surface area contributed by atoms with E-state index < -0.39 is 9.84 Å². The van der Waals surface area contributed by atoms with Crippen molar-refractivity contribution in [1.82, 2.24) is 9.78 Å². The summed E-state index contributed by atoms with van der Waals surface area (Å²) in [7, 11) is -2.99. The number of aryl methyl sites for hydroxylation is 1. The third-order valence-corrected chi connectivity index (χ3v) is 5.19. The van der Waals surface area contributed by atoms with E-state index in [9.17, 15) is 13.2 Å². The molecule has 1 aliphatic heterocycles. The Hall–Kier alpha value is -1.89. The lowest BCUT2D eigenvalue weighted by Gasteiger charge is -2.07. The van der Waals surface area contributed by atoms with Crippen LogP contribution in [-0.2, 0) is 9.84 Å². The van der Waals surface area contributed by atoms with Gasteiger partial charge in [-0.05, 0) is 25.5 Å². The highest BCUT2D eigenvalue weighted by molar-refractivity contribution is 7.91.